The topological polar surface area (TPSA) is 54.4 Å². The SMILES string of the molecule is O=C(O)C(=O)CCCCCCCCCBr. The van der Waals surface area contributed by atoms with Gasteiger partial charge in [-0.15, -0.1) is 0 Å². The van der Waals surface area contributed by atoms with E-state index in [9.17, 15) is 9.59 Å². The number of halogens is 1. The molecule has 0 aliphatic rings. The van der Waals surface area contributed by atoms with Crippen molar-refractivity contribution in [2.24, 2.45) is 0 Å². The van der Waals surface area contributed by atoms with E-state index < -0.39 is 11.8 Å². The highest BCUT2D eigenvalue weighted by Gasteiger charge is 2.09. The molecule has 0 aromatic rings. The summed E-state index contributed by atoms with van der Waals surface area (Å²) in [5.41, 5.74) is 0. The molecular formula is C11H19BrO3. The lowest BCUT2D eigenvalue weighted by atomic mass is 10.1. The van der Waals surface area contributed by atoms with Crippen molar-refractivity contribution < 1.29 is 14.7 Å². The lowest BCUT2D eigenvalue weighted by Gasteiger charge is -1.99. The van der Waals surface area contributed by atoms with Gasteiger partial charge in [-0.1, -0.05) is 48.0 Å². The van der Waals surface area contributed by atoms with Crippen LogP contribution in [-0.4, -0.2) is 22.2 Å². The second-order valence-electron chi connectivity index (χ2n) is 3.64. The molecule has 0 atom stereocenters. The van der Waals surface area contributed by atoms with E-state index in [0.29, 0.717) is 6.42 Å². The predicted molar refractivity (Wildman–Crippen MR) is 63.4 cm³/mol. The quantitative estimate of drug-likeness (QED) is 0.379. The zero-order valence-corrected chi connectivity index (χ0v) is 10.6. The minimum Gasteiger partial charge on any atom is -0.476 e. The number of aliphatic carboxylic acids is 1. The summed E-state index contributed by atoms with van der Waals surface area (Å²) in [5, 5.41) is 9.40. The van der Waals surface area contributed by atoms with Crippen LogP contribution < -0.4 is 0 Å². The molecule has 0 rings (SSSR count). The number of hydrogen-bond donors (Lipinski definition) is 1. The number of carbonyl (C=O) groups is 2. The highest BCUT2D eigenvalue weighted by Crippen LogP contribution is 2.09. The summed E-state index contributed by atoms with van der Waals surface area (Å²) in [4.78, 5) is 20.9. The Bertz CT molecular complexity index is 192. The maximum atomic E-state index is 10.7. The van der Waals surface area contributed by atoms with Gasteiger partial charge in [0.2, 0.25) is 5.78 Å². The van der Waals surface area contributed by atoms with Gasteiger partial charge in [-0.2, -0.15) is 0 Å². The van der Waals surface area contributed by atoms with Crippen LogP contribution in [0.15, 0.2) is 0 Å². The normalized spacial score (nSPS) is 10.2. The third-order valence-corrected chi connectivity index (χ3v) is 2.84. The number of carboxylic acid groups (broad SMARTS) is 1. The van der Waals surface area contributed by atoms with Crippen molar-refractivity contribution in [2.75, 3.05) is 5.33 Å². The summed E-state index contributed by atoms with van der Waals surface area (Å²) in [7, 11) is 0. The third-order valence-electron chi connectivity index (χ3n) is 2.28. The lowest BCUT2D eigenvalue weighted by molar-refractivity contribution is -0.149. The zero-order valence-electron chi connectivity index (χ0n) is 9.01. The molecule has 0 fully saturated rings. The van der Waals surface area contributed by atoms with Crippen molar-refractivity contribution in [1.29, 1.82) is 0 Å². The van der Waals surface area contributed by atoms with E-state index in [1.54, 1.807) is 0 Å². The highest BCUT2D eigenvalue weighted by molar-refractivity contribution is 9.09. The summed E-state index contributed by atoms with van der Waals surface area (Å²) in [5.74, 6) is -1.96. The summed E-state index contributed by atoms with van der Waals surface area (Å²) >= 11 is 3.38. The lowest BCUT2D eigenvalue weighted by Crippen LogP contribution is -2.11. The predicted octanol–water partition coefficient (Wildman–Crippen LogP) is 3.16. The molecule has 0 heterocycles. The van der Waals surface area contributed by atoms with Crippen LogP contribution in [-0.2, 0) is 9.59 Å². The van der Waals surface area contributed by atoms with Gasteiger partial charge in [0.1, 0.15) is 0 Å². The van der Waals surface area contributed by atoms with E-state index in [1.807, 2.05) is 0 Å². The fourth-order valence-electron chi connectivity index (χ4n) is 1.37. The molecule has 0 saturated heterocycles. The first kappa shape index (κ1) is 14.6. The zero-order chi connectivity index (χ0) is 11.5. The Kier molecular flexibility index (Phi) is 9.89. The maximum absolute atomic E-state index is 10.7. The van der Waals surface area contributed by atoms with Gasteiger partial charge in [-0.05, 0) is 12.8 Å². The molecular weight excluding hydrogens is 260 g/mol. The van der Waals surface area contributed by atoms with Gasteiger partial charge >= 0.3 is 5.97 Å². The van der Waals surface area contributed by atoms with Crippen LogP contribution in [0.2, 0.25) is 0 Å². The van der Waals surface area contributed by atoms with Crippen LogP contribution in [0.25, 0.3) is 0 Å². The second kappa shape index (κ2) is 10.1. The molecule has 0 spiro atoms. The number of unbranched alkanes of at least 4 members (excludes halogenated alkanes) is 6. The summed E-state index contributed by atoms with van der Waals surface area (Å²) in [6.45, 7) is 0. The van der Waals surface area contributed by atoms with Crippen molar-refractivity contribution in [3.05, 3.63) is 0 Å². The Morgan fingerprint density at radius 1 is 0.867 bits per heavy atom. The Hall–Kier alpha value is -0.380. The Morgan fingerprint density at radius 2 is 1.33 bits per heavy atom. The number of carbonyl (C=O) groups excluding carboxylic acids is 1. The molecule has 0 radical (unpaired) electrons. The Morgan fingerprint density at radius 3 is 1.80 bits per heavy atom. The first-order chi connectivity index (χ1) is 7.18. The van der Waals surface area contributed by atoms with Crippen LogP contribution in [0.4, 0.5) is 0 Å². The van der Waals surface area contributed by atoms with Crippen LogP contribution in [0.1, 0.15) is 51.4 Å². The molecule has 0 aliphatic heterocycles. The molecule has 88 valence electrons. The van der Waals surface area contributed by atoms with E-state index >= 15 is 0 Å². The second-order valence-corrected chi connectivity index (χ2v) is 4.44. The van der Waals surface area contributed by atoms with Gasteiger partial charge in [0.25, 0.3) is 0 Å². The van der Waals surface area contributed by atoms with Crippen molar-refractivity contribution in [3.8, 4) is 0 Å². The molecule has 0 amide bonds. The highest BCUT2D eigenvalue weighted by atomic mass is 79.9. The minimum absolute atomic E-state index is 0.191. The molecule has 0 saturated carbocycles. The van der Waals surface area contributed by atoms with Crippen LogP contribution in [0, 0.1) is 0 Å². The number of carboxylic acids is 1. The number of ketones is 1. The van der Waals surface area contributed by atoms with Crippen molar-refractivity contribution in [1.82, 2.24) is 0 Å². The molecule has 0 aliphatic carbocycles. The summed E-state index contributed by atoms with van der Waals surface area (Å²) in [6, 6.07) is 0. The van der Waals surface area contributed by atoms with Gasteiger partial charge in [-0.3, -0.25) is 4.79 Å². The van der Waals surface area contributed by atoms with Gasteiger partial charge < -0.3 is 5.11 Å². The molecule has 3 nitrogen and oxygen atoms in total. The standard InChI is InChI=1S/C11H19BrO3/c12-9-7-5-3-1-2-4-6-8-10(13)11(14)15/h1-9H2,(H,14,15). The molecule has 1 N–H and O–H groups in total. The number of hydrogen-bond acceptors (Lipinski definition) is 2. The van der Waals surface area contributed by atoms with Crippen molar-refractivity contribution in [2.45, 2.75) is 51.4 Å². The molecule has 0 aromatic carbocycles. The van der Waals surface area contributed by atoms with Crippen molar-refractivity contribution >= 4 is 27.7 Å². The third kappa shape index (κ3) is 9.91. The van der Waals surface area contributed by atoms with Crippen molar-refractivity contribution in [3.63, 3.8) is 0 Å². The van der Waals surface area contributed by atoms with Crippen LogP contribution >= 0.6 is 15.9 Å². The maximum Gasteiger partial charge on any atom is 0.372 e. The average Bonchev–Trinajstić information content (AvgIpc) is 2.21. The van der Waals surface area contributed by atoms with E-state index in [2.05, 4.69) is 15.9 Å². The van der Waals surface area contributed by atoms with E-state index in [-0.39, 0.29) is 6.42 Å². The Balaban J connectivity index is 3.11. The summed E-state index contributed by atoms with van der Waals surface area (Å²) < 4.78 is 0. The van der Waals surface area contributed by atoms with Gasteiger partial charge in [0, 0.05) is 11.8 Å². The first-order valence-corrected chi connectivity index (χ1v) is 6.62. The molecule has 15 heavy (non-hydrogen) atoms. The van der Waals surface area contributed by atoms with Gasteiger partial charge in [0.05, 0.1) is 0 Å². The number of alkyl halides is 1. The smallest absolute Gasteiger partial charge is 0.372 e. The van der Waals surface area contributed by atoms with Gasteiger partial charge in [-0.25, -0.2) is 4.79 Å². The Labute approximate surface area is 99.4 Å². The average molecular weight is 279 g/mol. The molecule has 0 bridgehead atoms. The molecule has 4 heteroatoms. The van der Waals surface area contributed by atoms with Crippen LogP contribution in [0.3, 0.4) is 0 Å². The first-order valence-electron chi connectivity index (χ1n) is 5.50. The fourth-order valence-corrected chi connectivity index (χ4v) is 1.77. The van der Waals surface area contributed by atoms with E-state index in [1.165, 1.54) is 25.7 Å². The molecule has 0 unspecified atom stereocenters. The monoisotopic (exact) mass is 278 g/mol. The summed E-state index contributed by atoms with van der Waals surface area (Å²) in [6.07, 6.45) is 7.87. The fraction of sp³-hybridized carbons (Fsp3) is 0.818. The van der Waals surface area contributed by atoms with E-state index in [0.717, 1.165) is 18.2 Å². The van der Waals surface area contributed by atoms with Gasteiger partial charge in [0.15, 0.2) is 0 Å². The number of Topliss-reactive ketones (excluding diaryl/α,β-unsaturated/α-hetero) is 1. The van der Waals surface area contributed by atoms with E-state index in [4.69, 9.17) is 5.11 Å². The molecule has 0 aromatic heterocycles. The number of rotatable bonds is 10. The largest absolute Gasteiger partial charge is 0.476 e. The van der Waals surface area contributed by atoms with Crippen LogP contribution in [0.5, 0.6) is 0 Å². The minimum atomic E-state index is -1.30.